The fourth-order valence-corrected chi connectivity index (χ4v) is 2.48. The number of aryl methyl sites for hydroxylation is 1. The molecule has 1 amide bonds. The van der Waals surface area contributed by atoms with E-state index < -0.39 is 0 Å². The number of hydrogen-bond donors (Lipinski definition) is 2. The lowest BCUT2D eigenvalue weighted by molar-refractivity contribution is 0.0686. The van der Waals surface area contributed by atoms with E-state index >= 15 is 0 Å². The van der Waals surface area contributed by atoms with Gasteiger partial charge in [0, 0.05) is 7.05 Å². The second-order valence-corrected chi connectivity index (χ2v) is 5.21. The van der Waals surface area contributed by atoms with Crippen molar-refractivity contribution in [2.75, 3.05) is 13.7 Å². The van der Waals surface area contributed by atoms with E-state index in [1.807, 2.05) is 0 Å². The first-order chi connectivity index (χ1) is 9.04. The molecule has 7 nitrogen and oxygen atoms in total. The number of aromatic amines is 1. The number of rotatable bonds is 4. The van der Waals surface area contributed by atoms with Gasteiger partial charge in [-0.1, -0.05) is 0 Å². The Morgan fingerprint density at radius 2 is 2.37 bits per heavy atom. The molecule has 2 N–H and O–H groups in total. The van der Waals surface area contributed by atoms with Crippen molar-refractivity contribution in [1.82, 2.24) is 25.1 Å². The predicted molar refractivity (Wildman–Crippen MR) is 70.9 cm³/mol. The number of likely N-dealkylation sites (N-methyl/N-ethyl adjacent to an activating group) is 1. The summed E-state index contributed by atoms with van der Waals surface area (Å²) < 4.78 is 0. The Hall–Kier alpha value is -1.80. The molecule has 0 aliphatic carbocycles. The number of H-pyrrole nitrogens is 1. The van der Waals surface area contributed by atoms with Crippen LogP contribution in [0, 0.1) is 6.92 Å². The van der Waals surface area contributed by atoms with E-state index in [4.69, 9.17) is 5.11 Å². The molecule has 0 fully saturated rings. The average Bonchev–Trinajstić information content (AvgIpc) is 3.04. The van der Waals surface area contributed by atoms with Crippen LogP contribution in [0.5, 0.6) is 0 Å². The molecule has 2 aromatic heterocycles. The molecule has 0 saturated heterocycles. The quantitative estimate of drug-likeness (QED) is 0.859. The third kappa shape index (κ3) is 2.64. The maximum atomic E-state index is 12.3. The Morgan fingerprint density at radius 3 is 2.95 bits per heavy atom. The zero-order chi connectivity index (χ0) is 14.0. The fraction of sp³-hybridized carbons (Fsp3) is 0.455. The summed E-state index contributed by atoms with van der Waals surface area (Å²) in [6.45, 7) is 3.49. The van der Waals surface area contributed by atoms with Gasteiger partial charge < -0.3 is 10.0 Å². The standard InChI is InChI=1S/C11H15N5O2S/c1-6(4-17)16(3)11(18)8-7(2)14-10(19-8)9-12-5-13-15-9/h5-6,17H,4H2,1-3H3,(H,12,13,15). The topological polar surface area (TPSA) is 95.0 Å². The second-order valence-electron chi connectivity index (χ2n) is 4.22. The molecule has 0 aliphatic rings. The summed E-state index contributed by atoms with van der Waals surface area (Å²) in [6, 6.07) is -0.234. The van der Waals surface area contributed by atoms with Crippen molar-refractivity contribution < 1.29 is 9.90 Å². The van der Waals surface area contributed by atoms with E-state index in [0.29, 0.717) is 21.4 Å². The Bertz CT molecular complexity index is 566. The molecule has 0 spiro atoms. The summed E-state index contributed by atoms with van der Waals surface area (Å²) in [5.41, 5.74) is 0.651. The molecule has 0 saturated carbocycles. The van der Waals surface area contributed by atoms with Crippen LogP contribution in [0.15, 0.2) is 6.33 Å². The molecule has 19 heavy (non-hydrogen) atoms. The third-order valence-corrected chi connectivity index (χ3v) is 4.01. The molecule has 1 atom stereocenters. The van der Waals surface area contributed by atoms with Crippen LogP contribution in [0.1, 0.15) is 22.3 Å². The summed E-state index contributed by atoms with van der Waals surface area (Å²) in [7, 11) is 1.66. The van der Waals surface area contributed by atoms with E-state index in [2.05, 4.69) is 20.2 Å². The van der Waals surface area contributed by atoms with Crippen LogP contribution in [0.25, 0.3) is 10.8 Å². The fourth-order valence-electron chi connectivity index (χ4n) is 1.49. The summed E-state index contributed by atoms with van der Waals surface area (Å²) in [6.07, 6.45) is 1.40. The maximum Gasteiger partial charge on any atom is 0.265 e. The lowest BCUT2D eigenvalue weighted by atomic mass is 10.3. The van der Waals surface area contributed by atoms with Crippen molar-refractivity contribution in [1.29, 1.82) is 0 Å². The number of aliphatic hydroxyl groups is 1. The lowest BCUT2D eigenvalue weighted by Gasteiger charge is -2.22. The minimum atomic E-state index is -0.234. The Morgan fingerprint density at radius 1 is 1.63 bits per heavy atom. The molecule has 102 valence electrons. The summed E-state index contributed by atoms with van der Waals surface area (Å²) in [5.74, 6) is 0.396. The average molecular weight is 281 g/mol. The van der Waals surface area contributed by atoms with Gasteiger partial charge in [-0.3, -0.25) is 9.89 Å². The Balaban J connectivity index is 2.28. The van der Waals surface area contributed by atoms with Crippen molar-refractivity contribution in [2.45, 2.75) is 19.9 Å². The molecule has 0 radical (unpaired) electrons. The molecule has 8 heteroatoms. The zero-order valence-corrected chi connectivity index (χ0v) is 11.7. The van der Waals surface area contributed by atoms with Gasteiger partial charge in [-0.05, 0) is 13.8 Å². The van der Waals surface area contributed by atoms with Crippen molar-refractivity contribution >= 4 is 17.2 Å². The molecule has 0 aliphatic heterocycles. The first-order valence-corrected chi connectivity index (χ1v) is 6.57. The van der Waals surface area contributed by atoms with E-state index in [0.717, 1.165) is 0 Å². The van der Waals surface area contributed by atoms with Gasteiger partial charge in [-0.15, -0.1) is 11.3 Å². The van der Waals surface area contributed by atoms with Gasteiger partial charge in [0.05, 0.1) is 18.3 Å². The zero-order valence-electron chi connectivity index (χ0n) is 10.9. The molecule has 2 rings (SSSR count). The van der Waals surface area contributed by atoms with Crippen molar-refractivity contribution in [3.63, 3.8) is 0 Å². The number of aromatic nitrogens is 4. The lowest BCUT2D eigenvalue weighted by Crippen LogP contribution is -2.37. The highest BCUT2D eigenvalue weighted by Crippen LogP contribution is 2.26. The predicted octanol–water partition coefficient (Wildman–Crippen LogP) is 0.689. The highest BCUT2D eigenvalue weighted by molar-refractivity contribution is 7.17. The van der Waals surface area contributed by atoms with Gasteiger partial charge >= 0.3 is 0 Å². The van der Waals surface area contributed by atoms with E-state index in [9.17, 15) is 4.79 Å². The number of hydrogen-bond acceptors (Lipinski definition) is 6. The van der Waals surface area contributed by atoms with Gasteiger partial charge in [0.15, 0.2) is 10.8 Å². The maximum absolute atomic E-state index is 12.3. The molecule has 0 aromatic carbocycles. The van der Waals surface area contributed by atoms with Crippen molar-refractivity contribution in [2.24, 2.45) is 0 Å². The van der Waals surface area contributed by atoms with Gasteiger partial charge in [-0.25, -0.2) is 9.97 Å². The first kappa shape index (κ1) is 13.6. The van der Waals surface area contributed by atoms with Crippen LogP contribution < -0.4 is 0 Å². The number of carbonyl (C=O) groups is 1. The SMILES string of the molecule is Cc1nc(-c2ncn[nH]2)sc1C(=O)N(C)C(C)CO. The normalized spacial score (nSPS) is 12.4. The number of thiazole rings is 1. The molecule has 1 unspecified atom stereocenters. The number of carbonyl (C=O) groups excluding carboxylic acids is 1. The minimum Gasteiger partial charge on any atom is -0.394 e. The highest BCUT2D eigenvalue weighted by atomic mass is 32.1. The molecular weight excluding hydrogens is 266 g/mol. The van der Waals surface area contributed by atoms with Gasteiger partial charge in [0.1, 0.15) is 11.2 Å². The van der Waals surface area contributed by atoms with Crippen LogP contribution in [-0.2, 0) is 0 Å². The number of amides is 1. The van der Waals surface area contributed by atoms with E-state index in [1.165, 1.54) is 22.6 Å². The summed E-state index contributed by atoms with van der Waals surface area (Å²) in [4.78, 5) is 22.7. The highest BCUT2D eigenvalue weighted by Gasteiger charge is 2.23. The molecule has 2 heterocycles. The van der Waals surface area contributed by atoms with Crippen LogP contribution in [0.4, 0.5) is 0 Å². The van der Waals surface area contributed by atoms with Crippen LogP contribution >= 0.6 is 11.3 Å². The van der Waals surface area contributed by atoms with Crippen LogP contribution in [0.2, 0.25) is 0 Å². The largest absolute Gasteiger partial charge is 0.394 e. The van der Waals surface area contributed by atoms with Crippen LogP contribution in [-0.4, -0.2) is 55.8 Å². The number of nitrogens with one attached hydrogen (secondary N) is 1. The molecule has 0 bridgehead atoms. The first-order valence-electron chi connectivity index (χ1n) is 5.75. The minimum absolute atomic E-state index is 0.0744. The summed E-state index contributed by atoms with van der Waals surface area (Å²) in [5, 5.41) is 16.2. The third-order valence-electron chi connectivity index (χ3n) is 2.85. The summed E-state index contributed by atoms with van der Waals surface area (Å²) >= 11 is 1.26. The van der Waals surface area contributed by atoms with Crippen LogP contribution in [0.3, 0.4) is 0 Å². The van der Waals surface area contributed by atoms with E-state index in [-0.39, 0.29) is 18.6 Å². The van der Waals surface area contributed by atoms with Gasteiger partial charge in [-0.2, -0.15) is 5.10 Å². The van der Waals surface area contributed by atoms with Crippen molar-refractivity contribution in [3.05, 3.63) is 16.9 Å². The monoisotopic (exact) mass is 281 g/mol. The molecule has 2 aromatic rings. The van der Waals surface area contributed by atoms with Crippen molar-refractivity contribution in [3.8, 4) is 10.8 Å². The van der Waals surface area contributed by atoms with E-state index in [1.54, 1.807) is 20.9 Å². The van der Waals surface area contributed by atoms with Gasteiger partial charge in [0.25, 0.3) is 5.91 Å². The smallest absolute Gasteiger partial charge is 0.265 e. The Kier molecular flexibility index (Phi) is 3.91. The van der Waals surface area contributed by atoms with Gasteiger partial charge in [0.2, 0.25) is 0 Å². The Labute approximate surface area is 114 Å². The number of nitrogens with zero attached hydrogens (tertiary/aromatic N) is 4. The number of aliphatic hydroxyl groups excluding tert-OH is 1. The molecular formula is C11H15N5O2S. The second kappa shape index (κ2) is 5.45.